The molecule has 4 saturated heterocycles. The molecule has 6 fully saturated rings. The van der Waals surface area contributed by atoms with Crippen LogP contribution < -0.4 is 10.6 Å². The molecule has 4 N–H and O–H groups in total. The van der Waals surface area contributed by atoms with Gasteiger partial charge in [0, 0.05) is 25.8 Å². The van der Waals surface area contributed by atoms with Crippen LogP contribution >= 0.6 is 0 Å². The Labute approximate surface area is 318 Å². The number of nitrogens with one attached hydrogen (secondary N) is 2. The quantitative estimate of drug-likeness (QED) is 0.0981. The van der Waals surface area contributed by atoms with Crippen LogP contribution in [0, 0.1) is 11.3 Å². The van der Waals surface area contributed by atoms with E-state index in [-0.39, 0.29) is 26.1 Å². The monoisotopic (exact) mass is 753 g/mol. The van der Waals surface area contributed by atoms with E-state index < -0.39 is 71.6 Å². The summed E-state index contributed by atoms with van der Waals surface area (Å²) in [5.41, 5.74) is 0.369. The number of aliphatic hydroxyl groups is 2. The highest BCUT2D eigenvalue weighted by Crippen LogP contribution is 2.58. The number of fused-ring (bicyclic) bond motifs is 5. The topological polar surface area (TPSA) is 168 Å². The summed E-state index contributed by atoms with van der Waals surface area (Å²) in [5.74, 6) is -2.34. The molecule has 1 aromatic carbocycles. The van der Waals surface area contributed by atoms with Gasteiger partial charge in [-0.2, -0.15) is 5.06 Å². The van der Waals surface area contributed by atoms with Crippen molar-refractivity contribution < 1.29 is 48.4 Å². The van der Waals surface area contributed by atoms with Crippen molar-refractivity contribution in [3.05, 3.63) is 41.5 Å². The largest absolute Gasteiger partial charge is 0.458 e. The van der Waals surface area contributed by atoms with Crippen LogP contribution in [0.4, 0.5) is 0 Å². The Kier molecular flexibility index (Phi) is 12.1. The smallest absolute Gasteiger partial charge is 0.327 e. The van der Waals surface area contributed by atoms with Crippen LogP contribution in [0.3, 0.4) is 0 Å². The molecule has 13 heteroatoms. The van der Waals surface area contributed by atoms with Gasteiger partial charge in [0.1, 0.15) is 35.9 Å². The van der Waals surface area contributed by atoms with E-state index in [0.29, 0.717) is 31.0 Å². The molecule has 54 heavy (non-hydrogen) atoms. The van der Waals surface area contributed by atoms with Crippen LogP contribution in [-0.4, -0.2) is 107 Å². The maximum Gasteiger partial charge on any atom is 0.327 e. The molecule has 7 rings (SSSR count). The normalized spacial score (nSPS) is 34.5. The lowest BCUT2D eigenvalue weighted by atomic mass is 9.62. The first-order valence-corrected chi connectivity index (χ1v) is 20.4. The van der Waals surface area contributed by atoms with Gasteiger partial charge in [0.25, 0.3) is 0 Å². The standard InChI is InChI=1S/C41H59N3O10/c1-4-6-10-18-40(19-11-7-5-2)52-33-31-23-41(39(49)43-32(25(3)46)37(47)42-20-21-45)35(38(48)51-31)44(54-36(41)34(33)53-40)24-28-13-9-8-12-27(28)16-14-26-15-17-29-30(22-26)50-29/h8-9,12-14,16,25-26,29-36,45-46H,4-7,10-11,15,17-24H2,1-3H3,(H,42,47)(H,43,49). The summed E-state index contributed by atoms with van der Waals surface area (Å²) in [6, 6.07) is 5.45. The molecule has 2 amide bonds. The number of aliphatic hydroxyl groups excluding tert-OH is 2. The highest BCUT2D eigenvalue weighted by atomic mass is 16.8. The molecular formula is C41H59N3O10. The van der Waals surface area contributed by atoms with Crippen molar-refractivity contribution in [3.63, 3.8) is 0 Å². The first-order valence-electron chi connectivity index (χ1n) is 20.4. The number of unbranched alkanes of at least 4 members (excludes halogenated alkanes) is 4. The maximum absolute atomic E-state index is 14.9. The van der Waals surface area contributed by atoms with E-state index in [2.05, 4.69) is 36.6 Å². The van der Waals surface area contributed by atoms with E-state index >= 15 is 0 Å². The molecule has 11 atom stereocenters. The Balaban J connectivity index is 1.22. The van der Waals surface area contributed by atoms with E-state index in [4.69, 9.17) is 23.8 Å². The molecule has 2 saturated carbocycles. The van der Waals surface area contributed by atoms with Gasteiger partial charge in [-0.05, 0) is 56.1 Å². The molecule has 2 aliphatic carbocycles. The predicted molar refractivity (Wildman–Crippen MR) is 197 cm³/mol. The number of benzene rings is 1. The predicted octanol–water partition coefficient (Wildman–Crippen LogP) is 3.68. The van der Waals surface area contributed by atoms with Crippen LogP contribution in [0.1, 0.15) is 109 Å². The van der Waals surface area contributed by atoms with Crippen molar-refractivity contribution in [2.75, 3.05) is 13.2 Å². The van der Waals surface area contributed by atoms with Gasteiger partial charge in [-0.1, -0.05) is 75.9 Å². The summed E-state index contributed by atoms with van der Waals surface area (Å²) in [6.07, 6.45) is 11.3. The van der Waals surface area contributed by atoms with Gasteiger partial charge >= 0.3 is 5.97 Å². The van der Waals surface area contributed by atoms with E-state index in [1.54, 1.807) is 5.06 Å². The molecular weight excluding hydrogens is 694 g/mol. The molecule has 13 nitrogen and oxygen atoms in total. The summed E-state index contributed by atoms with van der Waals surface area (Å²) < 4.78 is 25.8. The van der Waals surface area contributed by atoms with Crippen molar-refractivity contribution >= 4 is 23.9 Å². The van der Waals surface area contributed by atoms with E-state index in [0.717, 1.165) is 68.9 Å². The Morgan fingerprint density at radius 2 is 1.76 bits per heavy atom. The minimum Gasteiger partial charge on any atom is -0.458 e. The van der Waals surface area contributed by atoms with Gasteiger partial charge in [0.05, 0.1) is 31.5 Å². The van der Waals surface area contributed by atoms with Gasteiger partial charge in [0.2, 0.25) is 11.8 Å². The molecule has 2 bridgehead atoms. The summed E-state index contributed by atoms with van der Waals surface area (Å²) in [7, 11) is 0. The van der Waals surface area contributed by atoms with Crippen LogP contribution in [0.15, 0.2) is 30.3 Å². The molecule has 298 valence electrons. The van der Waals surface area contributed by atoms with Gasteiger partial charge in [-0.25, -0.2) is 0 Å². The number of allylic oxidation sites excluding steroid dienone is 1. The zero-order valence-electron chi connectivity index (χ0n) is 32.0. The first-order chi connectivity index (χ1) is 26.1. The van der Waals surface area contributed by atoms with Gasteiger partial charge in [0.15, 0.2) is 11.8 Å². The molecule has 1 aromatic rings. The number of hydrogen-bond donors (Lipinski definition) is 4. The minimum absolute atomic E-state index is 0.0455. The number of nitrogens with zero attached hydrogens (tertiary/aromatic N) is 1. The van der Waals surface area contributed by atoms with Crippen molar-refractivity contribution in [1.29, 1.82) is 0 Å². The van der Waals surface area contributed by atoms with Crippen molar-refractivity contribution in [3.8, 4) is 0 Å². The highest BCUT2D eigenvalue weighted by molar-refractivity contribution is 5.96. The molecule has 4 aliphatic heterocycles. The number of amides is 2. The fraction of sp³-hybridized carbons (Fsp3) is 0.732. The van der Waals surface area contributed by atoms with Gasteiger partial charge in [-0.3, -0.25) is 19.2 Å². The van der Waals surface area contributed by atoms with Crippen LogP contribution in [0.25, 0.3) is 6.08 Å². The molecule has 0 radical (unpaired) electrons. The third kappa shape index (κ3) is 7.74. The third-order valence-corrected chi connectivity index (χ3v) is 12.4. The van der Waals surface area contributed by atoms with Crippen molar-refractivity contribution in [2.24, 2.45) is 11.3 Å². The molecule has 4 heterocycles. The number of rotatable bonds is 18. The van der Waals surface area contributed by atoms with E-state index in [1.165, 1.54) is 6.92 Å². The van der Waals surface area contributed by atoms with Crippen molar-refractivity contribution in [2.45, 2.75) is 165 Å². The first kappa shape index (κ1) is 39.3. The molecule has 6 aliphatic rings. The van der Waals surface area contributed by atoms with Gasteiger partial charge < -0.3 is 39.8 Å². The number of ether oxygens (including phenoxy) is 4. The van der Waals surface area contributed by atoms with Gasteiger partial charge in [-0.15, -0.1) is 0 Å². The summed E-state index contributed by atoms with van der Waals surface area (Å²) in [4.78, 5) is 49.1. The lowest BCUT2D eigenvalue weighted by molar-refractivity contribution is -0.224. The number of hydrogen-bond acceptors (Lipinski definition) is 11. The maximum atomic E-state index is 14.9. The lowest BCUT2D eigenvalue weighted by Crippen LogP contribution is -2.71. The third-order valence-electron chi connectivity index (χ3n) is 12.4. The van der Waals surface area contributed by atoms with Crippen LogP contribution in [0.5, 0.6) is 0 Å². The summed E-state index contributed by atoms with van der Waals surface area (Å²) in [6.45, 7) is 5.55. The number of carbonyl (C=O) groups is 3. The zero-order valence-corrected chi connectivity index (χ0v) is 32.0. The second kappa shape index (κ2) is 16.7. The second-order valence-corrected chi connectivity index (χ2v) is 16.3. The second-order valence-electron chi connectivity index (χ2n) is 16.3. The summed E-state index contributed by atoms with van der Waals surface area (Å²) in [5, 5.41) is 26.9. The highest BCUT2D eigenvalue weighted by Gasteiger charge is 2.76. The number of hydroxylamine groups is 2. The average Bonchev–Trinajstić information content (AvgIpc) is 3.70. The van der Waals surface area contributed by atoms with E-state index in [1.807, 2.05) is 24.3 Å². The molecule has 11 unspecified atom stereocenters. The number of carbonyl (C=O) groups excluding carboxylic acids is 3. The lowest BCUT2D eigenvalue weighted by Gasteiger charge is -2.49. The Hall–Kier alpha value is -2.91. The zero-order chi connectivity index (χ0) is 38.0. The SMILES string of the molecule is CCCCCC1(CCCCC)OC2C3CC4(C(=O)NC(C(=O)NCCO)C(C)O)C(ON(Cc5ccccc5C=CC5CCC6OC6C5)C4C(=O)O3)C2O1. The van der Waals surface area contributed by atoms with Crippen LogP contribution in [-0.2, 0) is 44.7 Å². The molecule has 0 spiro atoms. The average molecular weight is 754 g/mol. The van der Waals surface area contributed by atoms with Crippen molar-refractivity contribution in [1.82, 2.24) is 15.7 Å². The Morgan fingerprint density at radius 3 is 2.46 bits per heavy atom. The van der Waals surface area contributed by atoms with Crippen LogP contribution in [0.2, 0.25) is 0 Å². The Morgan fingerprint density at radius 1 is 1.02 bits per heavy atom. The fourth-order valence-electron chi connectivity index (χ4n) is 9.53. The minimum atomic E-state index is -1.52. The number of epoxide rings is 1. The molecule has 0 aromatic heterocycles. The summed E-state index contributed by atoms with van der Waals surface area (Å²) >= 11 is 0. The fourth-order valence-corrected chi connectivity index (χ4v) is 9.53. The Bertz CT molecular complexity index is 1530. The van der Waals surface area contributed by atoms with E-state index in [9.17, 15) is 24.6 Å². The number of esters is 1.